The van der Waals surface area contributed by atoms with E-state index < -0.39 is 21.9 Å². The van der Waals surface area contributed by atoms with E-state index in [2.05, 4.69) is 57.2 Å². The van der Waals surface area contributed by atoms with Crippen molar-refractivity contribution < 1.29 is 24.7 Å². The molecule has 0 unspecified atom stereocenters. The van der Waals surface area contributed by atoms with Crippen LogP contribution in [-0.4, -0.2) is 6.61 Å². The second-order valence-corrected chi connectivity index (χ2v) is 12.6. The first-order valence-electron chi connectivity index (χ1n) is 5.77. The fourth-order valence-electron chi connectivity index (χ4n) is 1.32. The Morgan fingerprint density at radius 1 is 1.00 bits per heavy atom. The van der Waals surface area contributed by atoms with E-state index in [1.807, 2.05) is 13.8 Å². The molecule has 17 heavy (non-hydrogen) atoms. The van der Waals surface area contributed by atoms with Gasteiger partial charge in [0.05, 0.1) is 0 Å². The first-order chi connectivity index (χ1) is 7.67. The topological polar surface area (TPSA) is 9.23 Å². The summed E-state index contributed by atoms with van der Waals surface area (Å²) in [6, 6.07) is 0. The Bertz CT molecular complexity index is 275. The molecule has 0 amide bonds. The van der Waals surface area contributed by atoms with Crippen molar-refractivity contribution in [3.8, 4) is 0 Å². The third-order valence-electron chi connectivity index (χ3n) is 2.08. The Morgan fingerprint density at radius 3 is 1.71 bits per heavy atom. The molecule has 0 bridgehead atoms. The molecule has 0 heterocycles. The van der Waals surface area contributed by atoms with Crippen molar-refractivity contribution in [3.63, 3.8) is 0 Å². The van der Waals surface area contributed by atoms with Crippen LogP contribution in [0.15, 0.2) is 43.1 Å². The molecular weight excluding hydrogens is 398 g/mol. The van der Waals surface area contributed by atoms with E-state index in [1.165, 1.54) is 6.66 Å². The number of rotatable bonds is 6. The van der Waals surface area contributed by atoms with Crippen LogP contribution in [0.1, 0.15) is 34.6 Å². The summed E-state index contributed by atoms with van der Waals surface area (Å²) in [5, 5.41) is 0. The molecule has 0 aromatic rings. The fourth-order valence-corrected chi connectivity index (χ4v) is 8.00. The largest absolute Gasteiger partial charge is 0.147 e. The van der Waals surface area contributed by atoms with Crippen LogP contribution in [0.5, 0.6) is 0 Å². The number of allylic oxidation sites excluding steroid dienone is 8. The number of halogens is 1. The molecule has 0 aromatic heterocycles. The molecule has 0 aliphatic heterocycles. The Kier molecular flexibility index (Phi) is 14.3. The van der Waals surface area contributed by atoms with Crippen molar-refractivity contribution >= 4 is 12.4 Å². The van der Waals surface area contributed by atoms with Crippen molar-refractivity contribution in [1.82, 2.24) is 0 Å². The van der Waals surface area contributed by atoms with Crippen LogP contribution >= 0.6 is 12.4 Å². The second kappa shape index (κ2) is 12.5. The normalized spacial score (nSPS) is 13.2. The van der Waals surface area contributed by atoms with E-state index in [-0.39, 0.29) is 12.4 Å². The molecule has 0 aliphatic rings. The van der Waals surface area contributed by atoms with Gasteiger partial charge in [0.15, 0.2) is 0 Å². The van der Waals surface area contributed by atoms with Crippen molar-refractivity contribution in [2.75, 3.05) is 6.61 Å². The zero-order chi connectivity index (χ0) is 12.4. The number of hydrogen-bond acceptors (Lipinski definition) is 1. The van der Waals surface area contributed by atoms with Gasteiger partial charge in [-0.05, 0) is 0 Å². The molecule has 0 aliphatic carbocycles. The van der Waals surface area contributed by atoms with Crippen LogP contribution in [0.3, 0.4) is 0 Å². The summed E-state index contributed by atoms with van der Waals surface area (Å²) in [5.41, 5.74) is 0. The Hall–Kier alpha value is 0.0801. The van der Waals surface area contributed by atoms with Gasteiger partial charge in [0.25, 0.3) is 0 Å². The summed E-state index contributed by atoms with van der Waals surface area (Å²) in [4.78, 5) is 0. The summed E-state index contributed by atoms with van der Waals surface area (Å²) in [7, 11) is 0. The molecule has 0 fully saturated rings. The zero-order valence-electron chi connectivity index (χ0n) is 11.5. The van der Waals surface area contributed by atoms with Crippen LogP contribution in [0.2, 0.25) is 0 Å². The first-order valence-corrected chi connectivity index (χ1v) is 10.8. The molecule has 0 aromatic carbocycles. The summed E-state index contributed by atoms with van der Waals surface area (Å²) in [6.07, 6.45) is 12.7. The van der Waals surface area contributed by atoms with Gasteiger partial charge in [-0.1, -0.05) is 0 Å². The van der Waals surface area contributed by atoms with Crippen molar-refractivity contribution in [2.45, 2.75) is 34.6 Å². The summed E-state index contributed by atoms with van der Waals surface area (Å²) < 4.78 is 8.86. The van der Waals surface area contributed by atoms with Crippen LogP contribution in [0, 0.1) is 0 Å². The third kappa shape index (κ3) is 8.76. The van der Waals surface area contributed by atoms with E-state index in [9.17, 15) is 0 Å². The molecule has 0 saturated heterocycles. The molecule has 0 saturated carbocycles. The van der Waals surface area contributed by atoms with Gasteiger partial charge in [0.1, 0.15) is 0 Å². The predicted octanol–water partition coefficient (Wildman–Crippen LogP) is 4.94. The molecule has 97 valence electrons. The molecule has 0 N–H and O–H groups in total. The molecule has 0 rings (SSSR count). The van der Waals surface area contributed by atoms with Crippen molar-refractivity contribution in [3.05, 3.63) is 43.1 Å². The molecule has 1 nitrogen and oxygen atoms in total. The maximum Gasteiger partial charge on any atom is -0.147 e. The van der Waals surface area contributed by atoms with Gasteiger partial charge in [-0.15, -0.1) is 12.4 Å². The molecular formula is C14H24ClHfO. The molecule has 0 spiro atoms. The minimum absolute atomic E-state index is 0. The molecule has 0 radical (unpaired) electrons. The minimum Gasteiger partial charge on any atom is -0.147 e. The van der Waals surface area contributed by atoms with E-state index in [0.717, 1.165) is 6.61 Å². The maximum absolute atomic E-state index is 5.97. The SMILES string of the molecule is CC=CC=[C](C)[Hf]([O]CC)[C](C)=CC=CC.Cl. The Labute approximate surface area is 121 Å². The van der Waals surface area contributed by atoms with Gasteiger partial charge in [-0.3, -0.25) is 0 Å². The van der Waals surface area contributed by atoms with Crippen LogP contribution in [-0.2, 0) is 24.7 Å². The van der Waals surface area contributed by atoms with Gasteiger partial charge in [-0.25, -0.2) is 0 Å². The number of hydrogen-bond donors (Lipinski definition) is 0. The van der Waals surface area contributed by atoms with E-state index in [0.29, 0.717) is 0 Å². The maximum atomic E-state index is 5.97. The van der Waals surface area contributed by atoms with Gasteiger partial charge >= 0.3 is 109 Å². The summed E-state index contributed by atoms with van der Waals surface area (Å²) in [5.74, 6) is 0. The van der Waals surface area contributed by atoms with E-state index in [4.69, 9.17) is 2.85 Å². The van der Waals surface area contributed by atoms with Gasteiger partial charge in [0, 0.05) is 0 Å². The van der Waals surface area contributed by atoms with Crippen LogP contribution in [0.25, 0.3) is 0 Å². The summed E-state index contributed by atoms with van der Waals surface area (Å²) >= 11 is -2.14. The van der Waals surface area contributed by atoms with Crippen molar-refractivity contribution in [1.29, 1.82) is 0 Å². The van der Waals surface area contributed by atoms with E-state index in [1.54, 1.807) is 0 Å². The Morgan fingerprint density at radius 2 is 1.41 bits per heavy atom. The smallest absolute Gasteiger partial charge is 0.147 e. The van der Waals surface area contributed by atoms with Crippen LogP contribution < -0.4 is 0 Å². The van der Waals surface area contributed by atoms with Gasteiger partial charge in [-0.2, -0.15) is 0 Å². The fraction of sp³-hybridized carbons (Fsp3) is 0.429. The monoisotopic (exact) mass is 423 g/mol. The molecule has 0 atom stereocenters. The zero-order valence-corrected chi connectivity index (χ0v) is 15.9. The standard InChI is InChI=1S/2C6H9.C2H5O.ClH.Hf/c2*1-3-5-6-4-2;1-2-3;;/h2*3,5-6H,1-2H3;2H2,1H3;1H;/q;;-1;;+1. The van der Waals surface area contributed by atoms with Crippen molar-refractivity contribution in [2.24, 2.45) is 0 Å². The molecule has 3 heteroatoms. The van der Waals surface area contributed by atoms with E-state index >= 15 is 0 Å². The minimum atomic E-state index is -2.14. The average molecular weight is 422 g/mol. The van der Waals surface area contributed by atoms with Gasteiger partial charge < -0.3 is 0 Å². The third-order valence-corrected chi connectivity index (χ3v) is 10.5. The average Bonchev–Trinajstić information content (AvgIpc) is 2.29. The second-order valence-electron chi connectivity index (χ2n) is 3.51. The Balaban J connectivity index is 0. The predicted molar refractivity (Wildman–Crippen MR) is 76.0 cm³/mol. The summed E-state index contributed by atoms with van der Waals surface area (Å²) in [6.45, 7) is 11.4. The quantitative estimate of drug-likeness (QED) is 0.436. The first kappa shape index (κ1) is 19.4. The van der Waals surface area contributed by atoms with Crippen LogP contribution in [0.4, 0.5) is 0 Å². The van der Waals surface area contributed by atoms with Gasteiger partial charge in [0.2, 0.25) is 0 Å².